The Bertz CT molecular complexity index is 681. The van der Waals surface area contributed by atoms with Crippen LogP contribution in [0.3, 0.4) is 0 Å². The van der Waals surface area contributed by atoms with E-state index in [9.17, 15) is 22.8 Å². The van der Waals surface area contributed by atoms with Crippen molar-refractivity contribution in [1.82, 2.24) is 0 Å². The van der Waals surface area contributed by atoms with E-state index in [-0.39, 0.29) is 4.47 Å². The molecule has 1 aromatic carbocycles. The summed E-state index contributed by atoms with van der Waals surface area (Å²) in [5, 5.41) is 0. The lowest BCUT2D eigenvalue weighted by atomic mass is 9.74. The Hall–Kier alpha value is -1.63. The fourth-order valence-corrected chi connectivity index (χ4v) is 3.59. The van der Waals surface area contributed by atoms with E-state index in [2.05, 4.69) is 20.7 Å². The summed E-state index contributed by atoms with van der Waals surface area (Å²) in [7, 11) is 0. The number of fused-ring (bicyclic) bond motifs is 1. The van der Waals surface area contributed by atoms with E-state index in [0.717, 1.165) is 6.07 Å². The van der Waals surface area contributed by atoms with Crippen LogP contribution in [0.2, 0.25) is 0 Å². The van der Waals surface area contributed by atoms with Crippen molar-refractivity contribution in [1.29, 1.82) is 0 Å². The van der Waals surface area contributed by atoms with Crippen LogP contribution in [0.15, 0.2) is 34.8 Å². The van der Waals surface area contributed by atoms with Gasteiger partial charge in [0.05, 0.1) is 17.4 Å². The maximum absolute atomic E-state index is 12.8. The minimum Gasteiger partial charge on any atom is -0.393 e. The number of ether oxygens (including phenoxy) is 1. The number of alkyl halides is 3. The van der Waals surface area contributed by atoms with Gasteiger partial charge in [-0.1, -0.05) is 34.1 Å². The van der Waals surface area contributed by atoms with Crippen LogP contribution in [0, 0.1) is 11.8 Å². The quantitative estimate of drug-likeness (QED) is 0.426. The smallest absolute Gasteiger partial charge is 0.393 e. The molecule has 1 aliphatic carbocycles. The first-order valence-electron chi connectivity index (χ1n) is 6.58. The first-order valence-corrected chi connectivity index (χ1v) is 7.37. The third-order valence-corrected chi connectivity index (χ3v) is 4.67. The number of cyclic esters (lactones) is 2. The number of benzene rings is 1. The first-order chi connectivity index (χ1) is 10.3. The average molecular weight is 375 g/mol. The highest BCUT2D eigenvalue weighted by molar-refractivity contribution is 9.10. The molecule has 22 heavy (non-hydrogen) atoms. The van der Waals surface area contributed by atoms with Crippen molar-refractivity contribution < 1.29 is 27.5 Å². The number of hydrogen-bond donors (Lipinski definition) is 0. The number of carbonyl (C=O) groups is 2. The summed E-state index contributed by atoms with van der Waals surface area (Å²) >= 11 is 2.92. The van der Waals surface area contributed by atoms with Gasteiger partial charge >= 0.3 is 18.1 Å². The van der Waals surface area contributed by atoms with E-state index in [1.165, 1.54) is 12.1 Å². The molecule has 3 nitrogen and oxygen atoms in total. The summed E-state index contributed by atoms with van der Waals surface area (Å²) in [6, 6.07) is 3.65. The van der Waals surface area contributed by atoms with Gasteiger partial charge in [0.2, 0.25) is 0 Å². The average Bonchev–Trinajstić information content (AvgIpc) is 2.73. The van der Waals surface area contributed by atoms with Crippen LogP contribution in [-0.2, 0) is 20.5 Å². The molecular weight excluding hydrogens is 365 g/mol. The van der Waals surface area contributed by atoms with Crippen molar-refractivity contribution >= 4 is 27.9 Å². The Kier molecular flexibility index (Phi) is 3.63. The van der Waals surface area contributed by atoms with Gasteiger partial charge in [-0.3, -0.25) is 9.59 Å². The molecule has 0 bridgehead atoms. The Balaban J connectivity index is 1.99. The molecule has 2 aliphatic rings. The lowest BCUT2D eigenvalue weighted by molar-refractivity contribution is -0.153. The van der Waals surface area contributed by atoms with E-state index >= 15 is 0 Å². The highest BCUT2D eigenvalue weighted by atomic mass is 79.9. The molecule has 1 aromatic rings. The zero-order valence-corrected chi connectivity index (χ0v) is 12.6. The van der Waals surface area contributed by atoms with Crippen molar-refractivity contribution in [3.8, 4) is 0 Å². The summed E-state index contributed by atoms with van der Waals surface area (Å²) in [5.41, 5.74) is -0.241. The van der Waals surface area contributed by atoms with Crippen LogP contribution in [0.5, 0.6) is 0 Å². The SMILES string of the molecule is O=C1OC(=O)C2C1CC=CC2c1ccc(C(F)(F)F)c(Br)c1. The van der Waals surface area contributed by atoms with Crippen LogP contribution in [0.1, 0.15) is 23.5 Å². The predicted octanol–water partition coefficient (Wildman–Crippen LogP) is 3.83. The molecule has 0 spiro atoms. The number of esters is 2. The van der Waals surface area contributed by atoms with Gasteiger partial charge in [-0.2, -0.15) is 13.2 Å². The summed E-state index contributed by atoms with van der Waals surface area (Å²) in [5.74, 6) is -2.85. The van der Waals surface area contributed by atoms with Crippen LogP contribution < -0.4 is 0 Å². The van der Waals surface area contributed by atoms with Gasteiger partial charge < -0.3 is 4.74 Å². The van der Waals surface area contributed by atoms with Gasteiger partial charge in [-0.25, -0.2) is 0 Å². The lowest BCUT2D eigenvalue weighted by Crippen LogP contribution is -2.26. The second-order valence-electron chi connectivity index (χ2n) is 5.30. The number of carbonyl (C=O) groups excluding carboxylic acids is 2. The molecule has 0 N–H and O–H groups in total. The lowest BCUT2D eigenvalue weighted by Gasteiger charge is -2.25. The fraction of sp³-hybridized carbons (Fsp3) is 0.333. The number of halogens is 4. The Morgan fingerprint density at radius 2 is 1.91 bits per heavy atom. The Labute approximate surface area is 132 Å². The van der Waals surface area contributed by atoms with Crippen LogP contribution >= 0.6 is 15.9 Å². The third-order valence-electron chi connectivity index (χ3n) is 4.01. The molecule has 1 heterocycles. The van der Waals surface area contributed by atoms with Gasteiger partial charge in [0.1, 0.15) is 0 Å². The molecule has 7 heteroatoms. The predicted molar refractivity (Wildman–Crippen MR) is 73.7 cm³/mol. The van der Waals surface area contributed by atoms with Crippen molar-refractivity contribution in [2.45, 2.75) is 18.5 Å². The van der Waals surface area contributed by atoms with Crippen molar-refractivity contribution in [2.24, 2.45) is 11.8 Å². The van der Waals surface area contributed by atoms with Gasteiger partial charge in [-0.05, 0) is 24.1 Å². The Morgan fingerprint density at radius 3 is 2.55 bits per heavy atom. The van der Waals surface area contributed by atoms with E-state index in [0.29, 0.717) is 12.0 Å². The molecule has 1 saturated heterocycles. The summed E-state index contributed by atoms with van der Waals surface area (Å²) in [6.07, 6.45) is -0.536. The molecule has 1 aliphatic heterocycles. The van der Waals surface area contributed by atoms with Gasteiger partial charge in [0.15, 0.2) is 0 Å². The molecular formula is C15H10BrF3O3. The molecule has 3 atom stereocenters. The van der Waals surface area contributed by atoms with Crippen LogP contribution in [0.4, 0.5) is 13.2 Å². The Morgan fingerprint density at radius 1 is 1.18 bits per heavy atom. The third kappa shape index (κ3) is 2.47. The normalized spacial score (nSPS) is 27.7. The van der Waals surface area contributed by atoms with Gasteiger partial charge in [-0.15, -0.1) is 0 Å². The van der Waals surface area contributed by atoms with E-state index in [1.807, 2.05) is 0 Å². The van der Waals surface area contributed by atoms with Crippen LogP contribution in [0.25, 0.3) is 0 Å². The minimum absolute atomic E-state index is 0.0919. The molecule has 1 fully saturated rings. The van der Waals surface area contributed by atoms with E-state index in [1.54, 1.807) is 12.2 Å². The second-order valence-corrected chi connectivity index (χ2v) is 6.15. The molecule has 0 amide bonds. The summed E-state index contributed by atoms with van der Waals surface area (Å²) in [4.78, 5) is 23.5. The highest BCUT2D eigenvalue weighted by Crippen LogP contribution is 2.44. The largest absolute Gasteiger partial charge is 0.417 e. The molecule has 0 aromatic heterocycles. The molecule has 0 saturated carbocycles. The monoisotopic (exact) mass is 374 g/mol. The van der Waals surface area contributed by atoms with Crippen molar-refractivity contribution in [3.05, 3.63) is 46.0 Å². The van der Waals surface area contributed by atoms with E-state index < -0.39 is 41.4 Å². The maximum Gasteiger partial charge on any atom is 0.417 e. The van der Waals surface area contributed by atoms with Gasteiger partial charge in [0.25, 0.3) is 0 Å². The second kappa shape index (κ2) is 5.22. The van der Waals surface area contributed by atoms with Gasteiger partial charge in [0, 0.05) is 10.4 Å². The maximum atomic E-state index is 12.8. The zero-order chi connectivity index (χ0) is 16.1. The molecule has 3 unspecified atom stereocenters. The zero-order valence-electron chi connectivity index (χ0n) is 11.1. The molecule has 116 valence electrons. The number of rotatable bonds is 1. The van der Waals surface area contributed by atoms with Crippen molar-refractivity contribution in [3.63, 3.8) is 0 Å². The standard InChI is InChI=1S/C15H10BrF3O3/c16-11-6-7(4-5-10(11)15(17,18)19)8-2-1-3-9-12(8)14(21)22-13(9)20/h1-2,4-6,8-9,12H,3H2. The topological polar surface area (TPSA) is 43.4 Å². The van der Waals surface area contributed by atoms with E-state index in [4.69, 9.17) is 0 Å². The molecule has 0 radical (unpaired) electrons. The summed E-state index contributed by atoms with van der Waals surface area (Å²) in [6.45, 7) is 0. The summed E-state index contributed by atoms with van der Waals surface area (Å²) < 4.78 is 42.9. The van der Waals surface area contributed by atoms with Crippen LogP contribution in [-0.4, -0.2) is 11.9 Å². The first kappa shape index (κ1) is 15.3. The number of hydrogen-bond acceptors (Lipinski definition) is 3. The highest BCUT2D eigenvalue weighted by Gasteiger charge is 2.49. The fourth-order valence-electron chi connectivity index (χ4n) is 2.97. The van der Waals surface area contributed by atoms with Crippen molar-refractivity contribution in [2.75, 3.05) is 0 Å². The number of allylic oxidation sites excluding steroid dienone is 2. The minimum atomic E-state index is -4.45. The molecule has 3 rings (SSSR count).